The van der Waals surface area contributed by atoms with Gasteiger partial charge in [-0.1, -0.05) is 6.07 Å². The predicted octanol–water partition coefficient (Wildman–Crippen LogP) is 1.56. The topological polar surface area (TPSA) is 24.9 Å². The largest absolute Gasteiger partial charge is 0.302 e. The van der Waals surface area contributed by atoms with E-state index in [1.807, 2.05) is 12.3 Å². The molecular weight excluding hydrogens is 136 g/mol. The molecule has 1 aromatic heterocycles. The van der Waals surface area contributed by atoms with Gasteiger partial charge in [-0.15, -0.1) is 0 Å². The highest BCUT2D eigenvalue weighted by Crippen LogP contribution is 2.43. The first kappa shape index (κ1) is 5.72. The summed E-state index contributed by atoms with van der Waals surface area (Å²) in [5.41, 5.74) is 2.73. The molecule has 3 rings (SSSR count). The van der Waals surface area contributed by atoms with E-state index in [2.05, 4.69) is 16.4 Å². The van der Waals surface area contributed by atoms with Gasteiger partial charge in [0, 0.05) is 12.2 Å². The smallest absolute Gasteiger partial charge is 0.0621 e. The molecule has 2 bridgehead atoms. The van der Waals surface area contributed by atoms with Gasteiger partial charge in [0.15, 0.2) is 0 Å². The van der Waals surface area contributed by atoms with Crippen LogP contribution in [-0.2, 0) is 0 Å². The third-order valence-electron chi connectivity index (χ3n) is 2.72. The van der Waals surface area contributed by atoms with Gasteiger partial charge >= 0.3 is 0 Å². The van der Waals surface area contributed by atoms with Crippen molar-refractivity contribution in [1.82, 2.24) is 10.3 Å². The highest BCUT2D eigenvalue weighted by atomic mass is 15.0. The molecule has 0 amide bonds. The Morgan fingerprint density at radius 2 is 2.27 bits per heavy atom. The van der Waals surface area contributed by atoms with Crippen molar-refractivity contribution in [3.8, 4) is 0 Å². The summed E-state index contributed by atoms with van der Waals surface area (Å²) in [6, 6.07) is 5.40. The van der Waals surface area contributed by atoms with Crippen molar-refractivity contribution < 1.29 is 0 Å². The minimum absolute atomic E-state index is 0.566. The van der Waals surface area contributed by atoms with E-state index >= 15 is 0 Å². The number of aromatic nitrogens is 1. The third-order valence-corrected chi connectivity index (χ3v) is 2.72. The van der Waals surface area contributed by atoms with Crippen LogP contribution in [0.5, 0.6) is 0 Å². The first-order chi connectivity index (χ1) is 5.45. The van der Waals surface area contributed by atoms with Crippen LogP contribution in [0.25, 0.3) is 0 Å². The Kier molecular flexibility index (Phi) is 0.950. The Hall–Kier alpha value is -0.890. The second-order valence-electron chi connectivity index (χ2n) is 3.33. The average molecular weight is 146 g/mol. The number of hydrogen-bond acceptors (Lipinski definition) is 2. The highest BCUT2D eigenvalue weighted by molar-refractivity contribution is 5.34. The van der Waals surface area contributed by atoms with Crippen LogP contribution in [0.3, 0.4) is 0 Å². The zero-order chi connectivity index (χ0) is 7.26. The lowest BCUT2D eigenvalue weighted by atomic mass is 9.96. The molecule has 0 aliphatic carbocycles. The van der Waals surface area contributed by atoms with Crippen LogP contribution in [0.1, 0.15) is 36.2 Å². The van der Waals surface area contributed by atoms with Gasteiger partial charge in [-0.05, 0) is 24.5 Å². The molecule has 0 radical (unpaired) electrons. The summed E-state index contributed by atoms with van der Waals surface area (Å²) in [5.74, 6) is 0. The van der Waals surface area contributed by atoms with Gasteiger partial charge in [0.2, 0.25) is 0 Å². The van der Waals surface area contributed by atoms with Gasteiger partial charge in [0.1, 0.15) is 0 Å². The molecule has 2 nitrogen and oxygen atoms in total. The third kappa shape index (κ3) is 0.627. The van der Waals surface area contributed by atoms with Crippen molar-refractivity contribution >= 4 is 0 Å². The quantitative estimate of drug-likeness (QED) is 0.600. The first-order valence-corrected chi connectivity index (χ1v) is 4.16. The van der Waals surface area contributed by atoms with E-state index in [-0.39, 0.29) is 0 Å². The van der Waals surface area contributed by atoms with Gasteiger partial charge in [0.05, 0.1) is 11.7 Å². The van der Waals surface area contributed by atoms with E-state index < -0.39 is 0 Å². The number of fused-ring (bicyclic) bond motifs is 5. The molecule has 0 saturated carbocycles. The maximum absolute atomic E-state index is 4.38. The van der Waals surface area contributed by atoms with E-state index in [4.69, 9.17) is 0 Å². The van der Waals surface area contributed by atoms with Crippen molar-refractivity contribution in [1.29, 1.82) is 0 Å². The average Bonchev–Trinajstić information content (AvgIpc) is 2.64. The van der Waals surface area contributed by atoms with Crippen LogP contribution in [0.4, 0.5) is 0 Å². The predicted molar refractivity (Wildman–Crippen MR) is 42.1 cm³/mol. The van der Waals surface area contributed by atoms with Crippen molar-refractivity contribution in [3.63, 3.8) is 0 Å². The molecule has 1 N–H and O–H groups in total. The highest BCUT2D eigenvalue weighted by Gasteiger charge is 2.36. The second-order valence-corrected chi connectivity index (χ2v) is 3.33. The number of pyridine rings is 1. The van der Waals surface area contributed by atoms with Crippen molar-refractivity contribution in [3.05, 3.63) is 29.6 Å². The summed E-state index contributed by atoms with van der Waals surface area (Å²) in [5, 5.41) is 3.53. The molecular formula is C9H10N2. The normalized spacial score (nSPS) is 32.4. The van der Waals surface area contributed by atoms with E-state index in [9.17, 15) is 0 Å². The monoisotopic (exact) mass is 146 g/mol. The van der Waals surface area contributed by atoms with Crippen molar-refractivity contribution in [2.45, 2.75) is 24.9 Å². The van der Waals surface area contributed by atoms with Gasteiger partial charge < -0.3 is 5.32 Å². The molecule has 1 saturated heterocycles. The lowest BCUT2D eigenvalue weighted by Crippen LogP contribution is -2.06. The Bertz CT molecular complexity index is 266. The van der Waals surface area contributed by atoms with Crippen LogP contribution < -0.4 is 5.32 Å². The molecule has 0 aromatic carbocycles. The minimum Gasteiger partial charge on any atom is -0.302 e. The van der Waals surface area contributed by atoms with Gasteiger partial charge in [-0.3, -0.25) is 4.98 Å². The van der Waals surface area contributed by atoms with Crippen LogP contribution in [0.2, 0.25) is 0 Å². The number of hydrogen-bond donors (Lipinski definition) is 1. The maximum atomic E-state index is 4.38. The Labute approximate surface area is 65.6 Å². The standard InChI is InChI=1S/C9H10N2/c1-2-6-7-3-4-8(11-7)9(6)10-5-1/h1-2,5,7-8,11H,3-4H2/t7?,8-/m1/s1. The molecule has 56 valence electrons. The minimum atomic E-state index is 0.566. The molecule has 11 heavy (non-hydrogen) atoms. The van der Waals surface area contributed by atoms with Crippen LogP contribution in [0.15, 0.2) is 18.3 Å². The van der Waals surface area contributed by atoms with E-state index in [1.165, 1.54) is 24.1 Å². The summed E-state index contributed by atoms with van der Waals surface area (Å²) in [6.07, 6.45) is 4.46. The van der Waals surface area contributed by atoms with Crippen LogP contribution >= 0.6 is 0 Å². The van der Waals surface area contributed by atoms with E-state index in [0.717, 1.165) is 0 Å². The molecule has 1 aromatic rings. The lowest BCUT2D eigenvalue weighted by Gasteiger charge is -2.09. The summed E-state index contributed by atoms with van der Waals surface area (Å²) in [4.78, 5) is 4.38. The molecule has 0 spiro atoms. The van der Waals surface area contributed by atoms with E-state index in [0.29, 0.717) is 12.1 Å². The Morgan fingerprint density at radius 3 is 3.18 bits per heavy atom. The molecule has 1 unspecified atom stereocenters. The SMILES string of the molecule is c1cnc2c(c1)C1CC[C@H]2N1. The second kappa shape index (κ2) is 1.83. The van der Waals surface area contributed by atoms with Gasteiger partial charge in [0.25, 0.3) is 0 Å². The summed E-state index contributed by atoms with van der Waals surface area (Å²) < 4.78 is 0. The Morgan fingerprint density at radius 1 is 1.36 bits per heavy atom. The zero-order valence-electron chi connectivity index (χ0n) is 6.25. The van der Waals surface area contributed by atoms with Crippen molar-refractivity contribution in [2.75, 3.05) is 0 Å². The molecule has 2 atom stereocenters. The molecule has 2 aliphatic rings. The maximum Gasteiger partial charge on any atom is 0.0621 e. The fourth-order valence-electron chi connectivity index (χ4n) is 2.22. The number of nitrogens with one attached hydrogen (secondary N) is 1. The van der Waals surface area contributed by atoms with Crippen molar-refractivity contribution in [2.24, 2.45) is 0 Å². The van der Waals surface area contributed by atoms with Crippen LogP contribution in [-0.4, -0.2) is 4.98 Å². The first-order valence-electron chi connectivity index (χ1n) is 4.16. The van der Waals surface area contributed by atoms with Gasteiger partial charge in [-0.25, -0.2) is 0 Å². The molecule has 2 aliphatic heterocycles. The molecule has 3 heterocycles. The fourth-order valence-corrected chi connectivity index (χ4v) is 2.22. The zero-order valence-corrected chi connectivity index (χ0v) is 6.25. The number of rotatable bonds is 0. The lowest BCUT2D eigenvalue weighted by molar-refractivity contribution is 0.632. The van der Waals surface area contributed by atoms with Gasteiger partial charge in [-0.2, -0.15) is 0 Å². The fraction of sp³-hybridized carbons (Fsp3) is 0.444. The van der Waals surface area contributed by atoms with Crippen LogP contribution in [0, 0.1) is 0 Å². The summed E-state index contributed by atoms with van der Waals surface area (Å²) >= 11 is 0. The summed E-state index contributed by atoms with van der Waals surface area (Å²) in [7, 11) is 0. The Balaban J connectivity index is 2.23. The molecule has 2 heteroatoms. The number of nitrogens with zero attached hydrogens (tertiary/aromatic N) is 1. The summed E-state index contributed by atoms with van der Waals surface area (Å²) in [6.45, 7) is 0. The molecule has 1 fully saturated rings. The van der Waals surface area contributed by atoms with E-state index in [1.54, 1.807) is 0 Å².